The molecule has 0 aromatic heterocycles. The van der Waals surface area contributed by atoms with Crippen LogP contribution in [0.15, 0.2) is 126 Å². The van der Waals surface area contributed by atoms with Gasteiger partial charge in [0.15, 0.2) is 0 Å². The number of hydrazone groups is 1. The zero-order chi connectivity index (χ0) is 19.6. The van der Waals surface area contributed by atoms with E-state index in [-0.39, 0.29) is 0 Å². The summed E-state index contributed by atoms with van der Waals surface area (Å²) in [4.78, 5) is 0. The van der Waals surface area contributed by atoms with E-state index in [1.807, 2.05) is 48.5 Å². The van der Waals surface area contributed by atoms with Crippen LogP contribution in [0.25, 0.3) is 0 Å². The first-order valence-electron chi connectivity index (χ1n) is 9.62. The molecule has 0 saturated carbocycles. The zero-order valence-electron chi connectivity index (χ0n) is 15.8. The van der Waals surface area contributed by atoms with Crippen LogP contribution in [0.1, 0.15) is 5.56 Å². The van der Waals surface area contributed by atoms with Crippen molar-refractivity contribution in [2.45, 2.75) is 0 Å². The van der Waals surface area contributed by atoms with Crippen LogP contribution >= 0.6 is 6.98 Å². The third-order valence-electron chi connectivity index (χ3n) is 5.38. The number of hydrogen-bond donors (Lipinski definition) is 1. The van der Waals surface area contributed by atoms with Crippen molar-refractivity contribution in [3.63, 3.8) is 0 Å². The fraction of sp³-hybridized carbons (Fsp3) is 0. The predicted octanol–water partition coefficient (Wildman–Crippen LogP) is 4.33. The molecule has 0 bridgehead atoms. The van der Waals surface area contributed by atoms with Gasteiger partial charge in [0.05, 0.1) is 0 Å². The van der Waals surface area contributed by atoms with Crippen molar-refractivity contribution < 1.29 is 4.52 Å². The van der Waals surface area contributed by atoms with Crippen molar-refractivity contribution in [3.05, 3.63) is 127 Å². The minimum absolute atomic E-state index is 0.611. The minimum atomic E-state index is -3.53. The van der Waals surface area contributed by atoms with Gasteiger partial charge in [0.2, 0.25) is 0 Å². The van der Waals surface area contributed by atoms with Crippen LogP contribution in [-0.2, 0) is 4.52 Å². The molecule has 29 heavy (non-hydrogen) atoms. The van der Waals surface area contributed by atoms with Crippen molar-refractivity contribution in [2.75, 3.05) is 0 Å². The first kappa shape index (κ1) is 17.7. The van der Waals surface area contributed by atoms with Gasteiger partial charge in [-0.25, -0.2) is 0 Å². The third-order valence-corrected chi connectivity index (χ3v) is 10.2. The molecule has 0 amide bonds. The van der Waals surface area contributed by atoms with Crippen LogP contribution in [-0.4, -0.2) is 5.90 Å². The molecular formula is C25H21N2OP. The van der Waals surface area contributed by atoms with Gasteiger partial charge in [0.25, 0.3) is 0 Å². The molecule has 0 saturated heterocycles. The number of hydrogen-bond acceptors (Lipinski definition) is 3. The fourth-order valence-corrected chi connectivity index (χ4v) is 8.56. The van der Waals surface area contributed by atoms with E-state index in [1.165, 1.54) is 0 Å². The van der Waals surface area contributed by atoms with E-state index in [0.29, 0.717) is 5.90 Å². The summed E-state index contributed by atoms with van der Waals surface area (Å²) in [6.07, 6.45) is 0. The zero-order valence-corrected chi connectivity index (χ0v) is 16.7. The second kappa shape index (κ2) is 6.88. The fourth-order valence-electron chi connectivity index (χ4n) is 3.97. The van der Waals surface area contributed by atoms with E-state index in [4.69, 9.17) is 9.63 Å². The van der Waals surface area contributed by atoms with Gasteiger partial charge in [0, 0.05) is 0 Å². The van der Waals surface area contributed by atoms with Gasteiger partial charge in [-0.2, -0.15) is 0 Å². The van der Waals surface area contributed by atoms with Crippen molar-refractivity contribution in [1.29, 1.82) is 0 Å². The van der Waals surface area contributed by atoms with E-state index >= 15 is 0 Å². The van der Waals surface area contributed by atoms with Crippen LogP contribution in [0.5, 0.6) is 0 Å². The molecule has 1 aliphatic rings. The Hall–Kier alpha value is -3.42. The number of nitrogens with one attached hydrogen (secondary N) is 1. The van der Waals surface area contributed by atoms with Gasteiger partial charge in [0.1, 0.15) is 0 Å². The average molecular weight is 396 g/mol. The van der Waals surface area contributed by atoms with Crippen LogP contribution in [0.4, 0.5) is 0 Å². The van der Waals surface area contributed by atoms with Crippen molar-refractivity contribution >= 4 is 28.8 Å². The SMILES string of the molecule is c1ccc(C2=NNP(c3ccccc3)(c3ccccc3)(c3ccccc3)O2)cc1. The van der Waals surface area contributed by atoms with Gasteiger partial charge >= 0.3 is 171 Å². The third kappa shape index (κ3) is 2.59. The molecule has 4 aromatic carbocycles. The Labute approximate surface area is 170 Å². The molecule has 0 spiro atoms. The van der Waals surface area contributed by atoms with Gasteiger partial charge in [-0.3, -0.25) is 0 Å². The molecule has 4 aromatic rings. The Balaban J connectivity index is 1.83. The van der Waals surface area contributed by atoms with E-state index in [2.05, 4.69) is 78.0 Å². The van der Waals surface area contributed by atoms with Crippen molar-refractivity contribution in [2.24, 2.45) is 5.10 Å². The van der Waals surface area contributed by atoms with Crippen LogP contribution < -0.4 is 21.1 Å². The first-order chi connectivity index (χ1) is 14.3. The molecule has 3 nitrogen and oxygen atoms in total. The number of nitrogens with zero attached hydrogens (tertiary/aromatic N) is 1. The topological polar surface area (TPSA) is 33.6 Å². The molecule has 0 atom stereocenters. The van der Waals surface area contributed by atoms with Crippen molar-refractivity contribution in [3.8, 4) is 0 Å². The maximum absolute atomic E-state index is 7.05. The average Bonchev–Trinajstić information content (AvgIpc) is 3.25. The molecule has 1 N–H and O–H groups in total. The predicted molar refractivity (Wildman–Crippen MR) is 122 cm³/mol. The summed E-state index contributed by atoms with van der Waals surface area (Å²) in [6.45, 7) is -3.53. The Morgan fingerprint density at radius 3 is 1.31 bits per heavy atom. The Morgan fingerprint density at radius 2 is 0.897 bits per heavy atom. The molecule has 0 aliphatic carbocycles. The summed E-state index contributed by atoms with van der Waals surface area (Å²) in [7, 11) is 0. The molecule has 4 heteroatoms. The van der Waals surface area contributed by atoms with E-state index < -0.39 is 6.98 Å². The van der Waals surface area contributed by atoms with E-state index in [1.54, 1.807) is 0 Å². The Kier molecular flexibility index (Phi) is 4.19. The molecule has 0 radical (unpaired) electrons. The summed E-state index contributed by atoms with van der Waals surface area (Å²) < 4.78 is 7.05. The Bertz CT molecular complexity index is 1050. The standard InChI is InChI=1S/C25H21N2OP/c1-5-13-21(14-6-1)25-26-27-29(28-25,22-15-7-2-8-16-22,23-17-9-3-10-18-23)24-19-11-4-12-20-24/h1-20,27H. The molecule has 5 rings (SSSR count). The Morgan fingerprint density at radius 1 is 0.517 bits per heavy atom. The molecule has 1 heterocycles. The first-order valence-corrected chi connectivity index (χ1v) is 11.8. The van der Waals surface area contributed by atoms with Crippen LogP contribution in [0.2, 0.25) is 0 Å². The van der Waals surface area contributed by atoms with Gasteiger partial charge in [-0.15, -0.1) is 0 Å². The van der Waals surface area contributed by atoms with Crippen LogP contribution in [0, 0.1) is 0 Å². The van der Waals surface area contributed by atoms with Gasteiger partial charge in [-0.1, -0.05) is 0 Å². The molecular weight excluding hydrogens is 375 g/mol. The summed E-state index contributed by atoms with van der Waals surface area (Å²) in [6, 6.07) is 41.3. The summed E-state index contributed by atoms with van der Waals surface area (Å²) >= 11 is 0. The number of rotatable bonds is 4. The molecule has 1 aliphatic heterocycles. The summed E-state index contributed by atoms with van der Waals surface area (Å²) in [5, 5.41) is 11.6. The molecule has 142 valence electrons. The normalized spacial score (nSPS) is 17.8. The maximum atomic E-state index is 7.05. The molecule has 0 fully saturated rings. The molecule has 0 unspecified atom stereocenters. The second-order valence-corrected chi connectivity index (χ2v) is 11.0. The van der Waals surface area contributed by atoms with Gasteiger partial charge < -0.3 is 0 Å². The monoisotopic (exact) mass is 396 g/mol. The summed E-state index contributed by atoms with van der Waals surface area (Å²) in [5.41, 5.74) is 0.953. The summed E-state index contributed by atoms with van der Waals surface area (Å²) in [5.74, 6) is 0.611. The quantitative estimate of drug-likeness (QED) is 0.521. The number of benzene rings is 4. The van der Waals surface area contributed by atoms with Gasteiger partial charge in [-0.05, 0) is 0 Å². The van der Waals surface area contributed by atoms with E-state index in [0.717, 1.165) is 21.5 Å². The van der Waals surface area contributed by atoms with Crippen LogP contribution in [0.3, 0.4) is 0 Å². The van der Waals surface area contributed by atoms with Crippen molar-refractivity contribution in [1.82, 2.24) is 5.20 Å². The van der Waals surface area contributed by atoms with E-state index in [9.17, 15) is 0 Å². The second-order valence-electron chi connectivity index (χ2n) is 7.02.